The summed E-state index contributed by atoms with van der Waals surface area (Å²) in [7, 11) is -4.15. The van der Waals surface area contributed by atoms with E-state index in [1.807, 2.05) is 0 Å². The van der Waals surface area contributed by atoms with Crippen molar-refractivity contribution in [1.29, 1.82) is 0 Å². The third-order valence-corrected chi connectivity index (χ3v) is 8.92. The summed E-state index contributed by atoms with van der Waals surface area (Å²) in [5, 5.41) is 1.93. The van der Waals surface area contributed by atoms with Crippen molar-refractivity contribution in [3.05, 3.63) is 76.3 Å². The number of allylic oxidation sites excluding steroid dienone is 2. The van der Waals surface area contributed by atoms with Gasteiger partial charge in [-0.1, -0.05) is 29.8 Å². The molecule has 10 heteroatoms. The van der Waals surface area contributed by atoms with E-state index in [-0.39, 0.29) is 21.9 Å². The lowest BCUT2D eigenvalue weighted by atomic mass is 9.85. The van der Waals surface area contributed by atoms with Crippen LogP contribution < -0.4 is 4.72 Å². The first-order valence-corrected chi connectivity index (χ1v) is 13.6. The largest absolute Gasteiger partial charge is 0.266 e. The maximum Gasteiger partial charge on any atom is 0.266 e. The van der Waals surface area contributed by atoms with Crippen molar-refractivity contribution in [2.45, 2.75) is 29.1 Å². The van der Waals surface area contributed by atoms with Crippen LogP contribution in [0.1, 0.15) is 24.8 Å². The van der Waals surface area contributed by atoms with Crippen LogP contribution in [0.25, 0.3) is 5.57 Å². The second-order valence-corrected chi connectivity index (χ2v) is 11.3. The lowest BCUT2D eigenvalue weighted by Crippen LogP contribution is -2.15. The number of thioether (sulfide) groups is 1. The number of nitrogens with zero attached hydrogens (tertiary/aromatic N) is 1. The Hall–Kier alpha value is -1.94. The van der Waals surface area contributed by atoms with E-state index >= 15 is 0 Å². The highest BCUT2D eigenvalue weighted by Crippen LogP contribution is 2.39. The van der Waals surface area contributed by atoms with Gasteiger partial charge >= 0.3 is 0 Å². The first-order chi connectivity index (χ1) is 15.3. The monoisotopic (exact) mass is 512 g/mol. The average molecular weight is 513 g/mol. The molecule has 0 bridgehead atoms. The minimum Gasteiger partial charge on any atom is -0.255 e. The molecule has 0 aliphatic heterocycles. The van der Waals surface area contributed by atoms with Crippen LogP contribution in [0.2, 0.25) is 5.02 Å². The number of nitrogens with one attached hydrogen (secondary N) is 1. The summed E-state index contributed by atoms with van der Waals surface area (Å²) < 4.78 is 55.4. The Labute approximate surface area is 198 Å². The summed E-state index contributed by atoms with van der Waals surface area (Å²) in [6, 6.07) is 8.72. The zero-order valence-electron chi connectivity index (χ0n) is 16.7. The fourth-order valence-electron chi connectivity index (χ4n) is 3.57. The SMILES string of the molecule is O=S(=O)(Nc1nccs1)c1cc(Cl)c(SCC2CCCC=C2c2ccc(F)cc2)cc1F. The Bertz CT molecular complexity index is 1230. The maximum atomic E-state index is 14.7. The predicted molar refractivity (Wildman–Crippen MR) is 127 cm³/mol. The third-order valence-electron chi connectivity index (χ3n) is 5.11. The predicted octanol–water partition coefficient (Wildman–Crippen LogP) is 6.85. The van der Waals surface area contributed by atoms with Gasteiger partial charge in [0.25, 0.3) is 10.0 Å². The lowest BCUT2D eigenvalue weighted by Gasteiger charge is -2.25. The lowest BCUT2D eigenvalue weighted by molar-refractivity contribution is 0.568. The van der Waals surface area contributed by atoms with Crippen LogP contribution in [-0.4, -0.2) is 19.2 Å². The smallest absolute Gasteiger partial charge is 0.255 e. The Kier molecular flexibility index (Phi) is 7.19. The standard InChI is InChI=1S/C22H19ClF2N2O2S3/c23-18-11-21(32(28,29)27-22-26-9-10-30-22)19(25)12-20(18)31-13-15-3-1-2-4-17(15)14-5-7-16(24)8-6-14/h4-12,15H,1-3,13H2,(H,26,27). The molecular weight excluding hydrogens is 494 g/mol. The van der Waals surface area contributed by atoms with Crippen molar-refractivity contribution in [3.8, 4) is 0 Å². The summed E-state index contributed by atoms with van der Waals surface area (Å²) in [4.78, 5) is 3.81. The maximum absolute atomic E-state index is 14.7. The van der Waals surface area contributed by atoms with Gasteiger partial charge in [0.05, 0.1) is 5.02 Å². The number of hydrogen-bond donors (Lipinski definition) is 1. The van der Waals surface area contributed by atoms with Gasteiger partial charge in [-0.25, -0.2) is 22.2 Å². The molecule has 1 N–H and O–H groups in total. The molecule has 0 amide bonds. The van der Waals surface area contributed by atoms with Gasteiger partial charge in [-0.15, -0.1) is 23.1 Å². The number of halogens is 3. The highest BCUT2D eigenvalue weighted by Gasteiger charge is 2.24. The van der Waals surface area contributed by atoms with E-state index in [0.29, 0.717) is 10.6 Å². The molecule has 0 fully saturated rings. The van der Waals surface area contributed by atoms with Crippen LogP contribution in [-0.2, 0) is 10.0 Å². The van der Waals surface area contributed by atoms with Crippen molar-refractivity contribution in [1.82, 2.24) is 4.98 Å². The Morgan fingerprint density at radius 1 is 1.22 bits per heavy atom. The second-order valence-electron chi connectivity index (χ2n) is 7.26. The van der Waals surface area contributed by atoms with Crippen LogP contribution in [0.3, 0.4) is 0 Å². The van der Waals surface area contributed by atoms with Crippen molar-refractivity contribution in [2.24, 2.45) is 5.92 Å². The summed E-state index contributed by atoms with van der Waals surface area (Å²) in [5.74, 6) is -0.309. The van der Waals surface area contributed by atoms with E-state index in [1.54, 1.807) is 17.5 Å². The van der Waals surface area contributed by atoms with E-state index in [9.17, 15) is 17.2 Å². The van der Waals surface area contributed by atoms with Crippen LogP contribution in [0, 0.1) is 17.6 Å². The molecule has 0 radical (unpaired) electrons. The number of aromatic nitrogens is 1. The zero-order valence-corrected chi connectivity index (χ0v) is 19.9. The fourth-order valence-corrected chi connectivity index (χ4v) is 6.95. The number of sulfonamides is 1. The zero-order chi connectivity index (χ0) is 22.7. The molecule has 3 aromatic rings. The van der Waals surface area contributed by atoms with Gasteiger partial charge in [0.1, 0.15) is 16.5 Å². The van der Waals surface area contributed by atoms with Crippen molar-refractivity contribution < 1.29 is 17.2 Å². The van der Waals surface area contributed by atoms with Crippen LogP contribution in [0.15, 0.2) is 63.8 Å². The fraction of sp³-hybridized carbons (Fsp3) is 0.227. The molecule has 2 aromatic carbocycles. The van der Waals surface area contributed by atoms with E-state index in [1.165, 1.54) is 30.1 Å². The van der Waals surface area contributed by atoms with E-state index in [0.717, 1.165) is 53.9 Å². The average Bonchev–Trinajstić information content (AvgIpc) is 3.27. The van der Waals surface area contributed by atoms with Gasteiger partial charge in [-0.05, 0) is 60.6 Å². The molecule has 1 aliphatic rings. The summed E-state index contributed by atoms with van der Waals surface area (Å²) >= 11 is 8.80. The highest BCUT2D eigenvalue weighted by atomic mass is 35.5. The van der Waals surface area contributed by atoms with Crippen molar-refractivity contribution >= 4 is 55.4 Å². The Morgan fingerprint density at radius 2 is 2.00 bits per heavy atom. The van der Waals surface area contributed by atoms with Crippen LogP contribution in [0.5, 0.6) is 0 Å². The molecule has 1 aromatic heterocycles. The number of rotatable bonds is 7. The molecule has 1 atom stereocenters. The highest BCUT2D eigenvalue weighted by molar-refractivity contribution is 7.99. The van der Waals surface area contributed by atoms with Gasteiger partial charge in [0, 0.05) is 22.2 Å². The Morgan fingerprint density at radius 3 is 2.72 bits per heavy atom. The molecule has 4 rings (SSSR count). The van der Waals surface area contributed by atoms with Crippen molar-refractivity contribution in [2.75, 3.05) is 10.5 Å². The first kappa shape index (κ1) is 23.2. The molecule has 0 spiro atoms. The molecule has 32 heavy (non-hydrogen) atoms. The van der Waals surface area contributed by atoms with Gasteiger partial charge in [-0.2, -0.15) is 0 Å². The number of thiazole rings is 1. The summed E-state index contributed by atoms with van der Waals surface area (Å²) in [6.07, 6.45) is 6.58. The van der Waals surface area contributed by atoms with Crippen LogP contribution in [0.4, 0.5) is 13.9 Å². The molecule has 4 nitrogen and oxygen atoms in total. The molecule has 1 aliphatic carbocycles. The van der Waals surface area contributed by atoms with E-state index < -0.39 is 20.7 Å². The number of anilines is 1. The van der Waals surface area contributed by atoms with Gasteiger partial charge < -0.3 is 0 Å². The molecule has 1 heterocycles. The topological polar surface area (TPSA) is 59.1 Å². The molecule has 168 valence electrons. The first-order valence-electron chi connectivity index (χ1n) is 9.83. The Balaban J connectivity index is 1.51. The normalized spacial score (nSPS) is 16.6. The number of benzene rings is 2. The van der Waals surface area contributed by atoms with E-state index in [4.69, 9.17) is 11.6 Å². The van der Waals surface area contributed by atoms with Gasteiger partial charge in [0.2, 0.25) is 0 Å². The summed E-state index contributed by atoms with van der Waals surface area (Å²) in [6.45, 7) is 0. The van der Waals surface area contributed by atoms with E-state index in [2.05, 4.69) is 15.8 Å². The minimum absolute atomic E-state index is 0.149. The van der Waals surface area contributed by atoms with Crippen LogP contribution >= 0.6 is 34.7 Å². The molecular formula is C22H19ClF2N2O2S3. The van der Waals surface area contributed by atoms with Gasteiger partial charge in [-0.3, -0.25) is 4.72 Å². The summed E-state index contributed by atoms with van der Waals surface area (Å²) in [5.41, 5.74) is 2.12. The quantitative estimate of drug-likeness (QED) is 0.352. The number of hydrogen-bond acceptors (Lipinski definition) is 5. The molecule has 0 saturated heterocycles. The molecule has 0 saturated carbocycles. The van der Waals surface area contributed by atoms with Gasteiger partial charge in [0.15, 0.2) is 5.13 Å². The minimum atomic E-state index is -4.15. The van der Waals surface area contributed by atoms with Crippen molar-refractivity contribution in [3.63, 3.8) is 0 Å². The molecule has 1 unspecified atom stereocenters. The third kappa shape index (κ3) is 5.33. The second kappa shape index (κ2) is 9.91.